The first kappa shape index (κ1) is 13.0. The SMILES string of the molecule is Cc1nc(CN(C)c2nc3c(s2)C(N)CCC3)cs1. The summed E-state index contributed by atoms with van der Waals surface area (Å²) in [4.78, 5) is 12.7. The second kappa shape index (κ2) is 5.19. The van der Waals surface area contributed by atoms with Gasteiger partial charge in [0, 0.05) is 23.3 Å². The molecule has 102 valence electrons. The van der Waals surface area contributed by atoms with Crippen molar-refractivity contribution >= 4 is 27.8 Å². The Morgan fingerprint density at radius 1 is 1.47 bits per heavy atom. The third kappa shape index (κ3) is 2.66. The Hall–Kier alpha value is -0.980. The first-order valence-electron chi connectivity index (χ1n) is 6.51. The summed E-state index contributed by atoms with van der Waals surface area (Å²) in [5.74, 6) is 0. The Kier molecular flexibility index (Phi) is 3.56. The first-order chi connectivity index (χ1) is 9.13. The van der Waals surface area contributed by atoms with Gasteiger partial charge in [0.25, 0.3) is 0 Å². The van der Waals surface area contributed by atoms with Crippen LogP contribution in [0.5, 0.6) is 0 Å². The van der Waals surface area contributed by atoms with E-state index in [4.69, 9.17) is 10.7 Å². The predicted octanol–water partition coefficient (Wildman–Crippen LogP) is 2.88. The molecular weight excluding hydrogens is 276 g/mol. The molecule has 0 radical (unpaired) electrons. The average molecular weight is 294 g/mol. The second-order valence-corrected chi connectivity index (χ2v) is 7.09. The molecule has 6 heteroatoms. The standard InChI is InChI=1S/C13H18N4S2/c1-8-15-9(7-18-8)6-17(2)13-16-11-5-3-4-10(14)12(11)19-13/h7,10H,3-6,14H2,1-2H3. The molecule has 2 N–H and O–H groups in total. The highest BCUT2D eigenvalue weighted by molar-refractivity contribution is 7.15. The lowest BCUT2D eigenvalue weighted by Crippen LogP contribution is -2.16. The highest BCUT2D eigenvalue weighted by Crippen LogP contribution is 2.36. The maximum atomic E-state index is 6.16. The van der Waals surface area contributed by atoms with Crippen LogP contribution in [-0.4, -0.2) is 17.0 Å². The number of fused-ring (bicyclic) bond motifs is 1. The van der Waals surface area contributed by atoms with Gasteiger partial charge in [-0.3, -0.25) is 0 Å². The van der Waals surface area contributed by atoms with E-state index in [9.17, 15) is 0 Å². The molecule has 2 heterocycles. The van der Waals surface area contributed by atoms with Crippen LogP contribution in [0.1, 0.15) is 40.2 Å². The summed E-state index contributed by atoms with van der Waals surface area (Å²) in [5.41, 5.74) is 8.48. The minimum atomic E-state index is 0.185. The third-order valence-corrected chi connectivity index (χ3v) is 5.54. The van der Waals surface area contributed by atoms with Crippen LogP contribution in [0.15, 0.2) is 5.38 Å². The van der Waals surface area contributed by atoms with Gasteiger partial charge >= 0.3 is 0 Å². The van der Waals surface area contributed by atoms with E-state index < -0.39 is 0 Å². The number of nitrogens with zero attached hydrogens (tertiary/aromatic N) is 3. The van der Waals surface area contributed by atoms with E-state index >= 15 is 0 Å². The number of anilines is 1. The molecule has 19 heavy (non-hydrogen) atoms. The average Bonchev–Trinajstić information content (AvgIpc) is 2.96. The summed E-state index contributed by atoms with van der Waals surface area (Å²) in [6, 6.07) is 0.185. The molecular formula is C13H18N4S2. The van der Waals surface area contributed by atoms with Crippen molar-refractivity contribution in [2.75, 3.05) is 11.9 Å². The lowest BCUT2D eigenvalue weighted by atomic mass is 9.99. The fourth-order valence-corrected chi connectivity index (χ4v) is 4.11. The zero-order chi connectivity index (χ0) is 13.4. The number of aromatic nitrogens is 2. The van der Waals surface area contributed by atoms with Crippen molar-refractivity contribution in [1.82, 2.24) is 9.97 Å². The van der Waals surface area contributed by atoms with Crippen molar-refractivity contribution in [2.24, 2.45) is 5.73 Å². The van der Waals surface area contributed by atoms with Crippen LogP contribution in [0.3, 0.4) is 0 Å². The highest BCUT2D eigenvalue weighted by atomic mass is 32.1. The van der Waals surface area contributed by atoms with E-state index in [1.54, 1.807) is 22.7 Å². The van der Waals surface area contributed by atoms with E-state index in [-0.39, 0.29) is 6.04 Å². The van der Waals surface area contributed by atoms with Crippen LogP contribution >= 0.6 is 22.7 Å². The Balaban J connectivity index is 1.78. The van der Waals surface area contributed by atoms with Crippen molar-refractivity contribution in [3.05, 3.63) is 26.7 Å². The molecule has 1 unspecified atom stereocenters. The van der Waals surface area contributed by atoms with Crippen LogP contribution in [-0.2, 0) is 13.0 Å². The molecule has 0 aromatic carbocycles. The zero-order valence-corrected chi connectivity index (χ0v) is 12.9. The molecule has 0 amide bonds. The minimum absolute atomic E-state index is 0.185. The van der Waals surface area contributed by atoms with Crippen LogP contribution in [0.2, 0.25) is 0 Å². The molecule has 0 fully saturated rings. The molecule has 3 rings (SSSR count). The summed E-state index contributed by atoms with van der Waals surface area (Å²) >= 11 is 3.44. The van der Waals surface area contributed by atoms with Crippen LogP contribution < -0.4 is 10.6 Å². The summed E-state index contributed by atoms with van der Waals surface area (Å²) in [6.45, 7) is 2.85. The van der Waals surface area contributed by atoms with E-state index in [1.807, 2.05) is 6.92 Å². The number of aryl methyl sites for hydroxylation is 2. The molecule has 2 aromatic heterocycles. The lowest BCUT2D eigenvalue weighted by molar-refractivity contribution is 0.573. The molecule has 1 atom stereocenters. The first-order valence-corrected chi connectivity index (χ1v) is 8.20. The number of rotatable bonds is 3. The summed E-state index contributed by atoms with van der Waals surface area (Å²) in [5, 5.41) is 4.29. The molecule has 0 saturated heterocycles. The molecule has 1 aliphatic rings. The fraction of sp³-hybridized carbons (Fsp3) is 0.538. The van der Waals surface area contributed by atoms with Gasteiger partial charge < -0.3 is 10.6 Å². The van der Waals surface area contributed by atoms with Crippen molar-refractivity contribution in [3.63, 3.8) is 0 Å². The molecule has 4 nitrogen and oxygen atoms in total. The number of nitrogens with two attached hydrogens (primary N) is 1. The maximum absolute atomic E-state index is 6.16. The van der Waals surface area contributed by atoms with Crippen LogP contribution in [0.4, 0.5) is 5.13 Å². The van der Waals surface area contributed by atoms with Crippen molar-refractivity contribution < 1.29 is 0 Å². The van der Waals surface area contributed by atoms with Gasteiger partial charge in [-0.1, -0.05) is 11.3 Å². The van der Waals surface area contributed by atoms with Gasteiger partial charge in [-0.2, -0.15) is 0 Å². The third-order valence-electron chi connectivity index (χ3n) is 3.37. The van der Waals surface area contributed by atoms with Gasteiger partial charge in [0.15, 0.2) is 5.13 Å². The minimum Gasteiger partial charge on any atom is -0.345 e. The van der Waals surface area contributed by atoms with Crippen molar-refractivity contribution in [3.8, 4) is 0 Å². The van der Waals surface area contributed by atoms with Crippen LogP contribution in [0, 0.1) is 6.92 Å². The smallest absolute Gasteiger partial charge is 0.185 e. The lowest BCUT2D eigenvalue weighted by Gasteiger charge is -2.15. The quantitative estimate of drug-likeness (QED) is 0.945. The molecule has 0 saturated carbocycles. The highest BCUT2D eigenvalue weighted by Gasteiger charge is 2.23. The molecule has 0 spiro atoms. The van der Waals surface area contributed by atoms with Crippen molar-refractivity contribution in [1.29, 1.82) is 0 Å². The van der Waals surface area contributed by atoms with Gasteiger partial charge in [-0.25, -0.2) is 9.97 Å². The fourth-order valence-electron chi connectivity index (χ4n) is 2.39. The van der Waals surface area contributed by atoms with Gasteiger partial charge in [0.1, 0.15) is 0 Å². The van der Waals surface area contributed by atoms with Gasteiger partial charge in [-0.05, 0) is 26.2 Å². The monoisotopic (exact) mass is 294 g/mol. The zero-order valence-electron chi connectivity index (χ0n) is 11.2. The molecule has 2 aromatic rings. The van der Waals surface area contributed by atoms with E-state index in [1.165, 1.54) is 10.6 Å². The Morgan fingerprint density at radius 3 is 3.00 bits per heavy atom. The number of hydrogen-bond acceptors (Lipinski definition) is 6. The maximum Gasteiger partial charge on any atom is 0.185 e. The van der Waals surface area contributed by atoms with Crippen LogP contribution in [0.25, 0.3) is 0 Å². The van der Waals surface area contributed by atoms with Gasteiger partial charge in [-0.15, -0.1) is 11.3 Å². The van der Waals surface area contributed by atoms with E-state index in [0.717, 1.165) is 41.6 Å². The number of hydrogen-bond donors (Lipinski definition) is 1. The Labute approximate surface area is 121 Å². The summed E-state index contributed by atoms with van der Waals surface area (Å²) in [7, 11) is 2.07. The summed E-state index contributed by atoms with van der Waals surface area (Å²) < 4.78 is 0. The van der Waals surface area contributed by atoms with E-state index in [2.05, 4.69) is 22.3 Å². The molecule has 0 bridgehead atoms. The topological polar surface area (TPSA) is 55.0 Å². The summed E-state index contributed by atoms with van der Waals surface area (Å²) in [6.07, 6.45) is 3.32. The van der Waals surface area contributed by atoms with Crippen molar-refractivity contribution in [2.45, 2.75) is 38.8 Å². The van der Waals surface area contributed by atoms with E-state index in [0.29, 0.717) is 0 Å². The second-order valence-electron chi connectivity index (χ2n) is 5.02. The largest absolute Gasteiger partial charge is 0.345 e. The molecule has 1 aliphatic carbocycles. The number of thiazole rings is 2. The predicted molar refractivity (Wildman–Crippen MR) is 80.9 cm³/mol. The normalized spacial score (nSPS) is 18.4. The van der Waals surface area contributed by atoms with Gasteiger partial charge in [0.2, 0.25) is 0 Å². The Bertz CT molecular complexity index is 575. The Morgan fingerprint density at radius 2 is 2.32 bits per heavy atom. The molecule has 0 aliphatic heterocycles. The van der Waals surface area contributed by atoms with Gasteiger partial charge in [0.05, 0.1) is 22.9 Å².